The Kier molecular flexibility index (Phi) is 3.73. The van der Waals surface area contributed by atoms with Gasteiger partial charge in [-0.25, -0.2) is 15.0 Å². The lowest BCUT2D eigenvalue weighted by Gasteiger charge is -2.08. The lowest BCUT2D eigenvalue weighted by molar-refractivity contribution is 0.101. The van der Waals surface area contributed by atoms with Crippen LogP contribution in [0.4, 0.5) is 5.82 Å². The van der Waals surface area contributed by atoms with Gasteiger partial charge < -0.3 is 9.88 Å². The topological polar surface area (TPSA) is 85.6 Å². The fourth-order valence-corrected chi connectivity index (χ4v) is 3.21. The molecule has 4 rings (SSSR count). The third kappa shape index (κ3) is 2.76. The molecule has 1 N–H and O–H groups in total. The monoisotopic (exact) mass is 350 g/mol. The summed E-state index contributed by atoms with van der Waals surface area (Å²) in [4.78, 5) is 30.9. The number of carbonyl (C=O) groups excluding carboxylic acids is 1. The third-order valence-corrected chi connectivity index (χ3v) is 4.71. The van der Waals surface area contributed by atoms with E-state index in [4.69, 9.17) is 0 Å². The van der Waals surface area contributed by atoms with E-state index in [1.54, 1.807) is 24.0 Å². The lowest BCUT2D eigenvalue weighted by Crippen LogP contribution is -2.17. The smallest absolute Gasteiger partial charge is 0.275 e. The van der Waals surface area contributed by atoms with Crippen LogP contribution in [0, 0.1) is 6.92 Å². The summed E-state index contributed by atoms with van der Waals surface area (Å²) in [5.74, 6) is 1.45. The Morgan fingerprint density at radius 3 is 2.80 bits per heavy atom. The molecule has 4 aromatic rings. The summed E-state index contributed by atoms with van der Waals surface area (Å²) in [6, 6.07) is 7.44. The molecule has 124 valence electrons. The summed E-state index contributed by atoms with van der Waals surface area (Å²) in [7, 11) is 1.80. The number of hydrogen-bond acceptors (Lipinski definition) is 6. The quantitative estimate of drug-likeness (QED) is 0.614. The van der Waals surface area contributed by atoms with E-state index >= 15 is 0 Å². The average Bonchev–Trinajstić information content (AvgIpc) is 3.23. The van der Waals surface area contributed by atoms with Gasteiger partial charge in [-0.1, -0.05) is 6.07 Å². The number of fused-ring (bicyclic) bond motifs is 1. The van der Waals surface area contributed by atoms with Crippen molar-refractivity contribution in [3.8, 4) is 11.5 Å². The fourth-order valence-electron chi connectivity index (χ4n) is 2.44. The second-order valence-corrected chi connectivity index (χ2v) is 6.35. The summed E-state index contributed by atoms with van der Waals surface area (Å²) < 4.78 is 1.74. The molecule has 0 fully saturated rings. The molecular formula is C17H14N6OS. The molecule has 0 bridgehead atoms. The minimum Gasteiger partial charge on any atom is -0.327 e. The van der Waals surface area contributed by atoms with Gasteiger partial charge >= 0.3 is 0 Å². The van der Waals surface area contributed by atoms with Gasteiger partial charge in [0.2, 0.25) is 0 Å². The Morgan fingerprint density at radius 2 is 2.08 bits per heavy atom. The van der Waals surface area contributed by atoms with Gasteiger partial charge in [0, 0.05) is 13.2 Å². The second-order valence-electron chi connectivity index (χ2n) is 5.45. The molecule has 0 spiro atoms. The van der Waals surface area contributed by atoms with Crippen molar-refractivity contribution in [3.05, 3.63) is 53.6 Å². The zero-order valence-electron chi connectivity index (χ0n) is 13.6. The number of aromatic nitrogens is 5. The van der Waals surface area contributed by atoms with Gasteiger partial charge in [0.1, 0.15) is 27.9 Å². The van der Waals surface area contributed by atoms with E-state index in [1.807, 2.05) is 36.6 Å². The molecule has 4 heterocycles. The highest BCUT2D eigenvalue weighted by atomic mass is 32.1. The zero-order valence-corrected chi connectivity index (χ0v) is 14.4. The molecule has 0 atom stereocenters. The van der Waals surface area contributed by atoms with Crippen LogP contribution in [-0.2, 0) is 7.05 Å². The molecule has 0 radical (unpaired) electrons. The van der Waals surface area contributed by atoms with Gasteiger partial charge in [0.25, 0.3) is 5.91 Å². The Labute approximate surface area is 147 Å². The highest BCUT2D eigenvalue weighted by Crippen LogP contribution is 2.28. The summed E-state index contributed by atoms with van der Waals surface area (Å²) in [6.45, 7) is 1.84. The van der Waals surface area contributed by atoms with Crippen molar-refractivity contribution in [2.75, 3.05) is 5.32 Å². The molecule has 0 saturated carbocycles. The highest BCUT2D eigenvalue weighted by Gasteiger charge is 2.17. The number of amides is 1. The van der Waals surface area contributed by atoms with Crippen LogP contribution in [0.3, 0.4) is 0 Å². The Bertz CT molecular complexity index is 1070. The zero-order chi connectivity index (χ0) is 17.4. The molecule has 25 heavy (non-hydrogen) atoms. The summed E-state index contributed by atoms with van der Waals surface area (Å²) >= 11 is 1.49. The maximum absolute atomic E-state index is 12.6. The first-order chi connectivity index (χ1) is 12.1. The standard InChI is InChI=1S/C17H14N6OS/c1-10-19-9-13(23(10)2)16(24)21-14-11-6-8-25-17(11)22-15(20-14)12-5-3-4-7-18-12/h3-9H,1-2H3,(H,20,21,22,24). The second kappa shape index (κ2) is 6.06. The molecule has 0 saturated heterocycles. The number of aryl methyl sites for hydroxylation is 1. The van der Waals surface area contributed by atoms with Gasteiger partial charge in [0.05, 0.1) is 11.6 Å². The number of carbonyl (C=O) groups is 1. The van der Waals surface area contributed by atoms with Crippen LogP contribution in [0.25, 0.3) is 21.7 Å². The minimum absolute atomic E-state index is 0.263. The van der Waals surface area contributed by atoms with Crippen molar-refractivity contribution < 1.29 is 4.79 Å². The minimum atomic E-state index is -0.263. The van der Waals surface area contributed by atoms with E-state index in [1.165, 1.54) is 11.3 Å². The van der Waals surface area contributed by atoms with Crippen LogP contribution < -0.4 is 5.32 Å². The number of anilines is 1. The Balaban J connectivity index is 1.77. The van der Waals surface area contributed by atoms with Crippen molar-refractivity contribution in [1.82, 2.24) is 24.5 Å². The van der Waals surface area contributed by atoms with Crippen LogP contribution in [0.5, 0.6) is 0 Å². The normalized spacial score (nSPS) is 11.0. The van der Waals surface area contributed by atoms with Gasteiger partial charge in [0.15, 0.2) is 5.82 Å². The predicted molar refractivity (Wildman–Crippen MR) is 96.5 cm³/mol. The molecule has 0 aliphatic heterocycles. The van der Waals surface area contributed by atoms with Crippen LogP contribution in [0.2, 0.25) is 0 Å². The van der Waals surface area contributed by atoms with E-state index < -0.39 is 0 Å². The number of pyridine rings is 1. The maximum Gasteiger partial charge on any atom is 0.275 e. The van der Waals surface area contributed by atoms with Crippen LogP contribution in [0.15, 0.2) is 42.0 Å². The highest BCUT2D eigenvalue weighted by molar-refractivity contribution is 7.16. The van der Waals surface area contributed by atoms with E-state index in [9.17, 15) is 4.79 Å². The Hall–Kier alpha value is -3.13. The van der Waals surface area contributed by atoms with Gasteiger partial charge in [-0.3, -0.25) is 9.78 Å². The number of hydrogen-bond donors (Lipinski definition) is 1. The largest absolute Gasteiger partial charge is 0.327 e. The molecule has 4 aromatic heterocycles. The first-order valence-electron chi connectivity index (χ1n) is 7.60. The molecule has 0 aliphatic rings. The molecule has 7 nitrogen and oxygen atoms in total. The number of nitrogens with one attached hydrogen (secondary N) is 1. The summed E-state index contributed by atoms with van der Waals surface area (Å²) in [5, 5.41) is 5.60. The van der Waals surface area contributed by atoms with Crippen LogP contribution in [0.1, 0.15) is 16.3 Å². The molecule has 1 amide bonds. The number of imidazole rings is 1. The van der Waals surface area contributed by atoms with Crippen molar-refractivity contribution >= 4 is 33.3 Å². The summed E-state index contributed by atoms with van der Waals surface area (Å²) in [5.41, 5.74) is 1.13. The van der Waals surface area contributed by atoms with Gasteiger partial charge in [-0.05, 0) is 30.5 Å². The molecule has 0 unspecified atom stereocenters. The van der Waals surface area contributed by atoms with E-state index in [0.29, 0.717) is 23.0 Å². The first kappa shape index (κ1) is 15.4. The SMILES string of the molecule is Cc1ncc(C(=O)Nc2nc(-c3ccccn3)nc3sccc23)n1C. The lowest BCUT2D eigenvalue weighted by atomic mass is 10.3. The maximum atomic E-state index is 12.6. The van der Waals surface area contributed by atoms with Gasteiger partial charge in [-0.2, -0.15) is 0 Å². The van der Waals surface area contributed by atoms with E-state index in [0.717, 1.165) is 16.0 Å². The number of thiophene rings is 1. The van der Waals surface area contributed by atoms with Crippen LogP contribution in [-0.4, -0.2) is 30.4 Å². The molecular weight excluding hydrogens is 336 g/mol. The number of rotatable bonds is 3. The fraction of sp³-hybridized carbons (Fsp3) is 0.118. The first-order valence-corrected chi connectivity index (χ1v) is 8.48. The molecule has 8 heteroatoms. The van der Waals surface area contributed by atoms with Crippen LogP contribution >= 0.6 is 11.3 Å². The molecule has 0 aliphatic carbocycles. The summed E-state index contributed by atoms with van der Waals surface area (Å²) in [6.07, 6.45) is 3.24. The molecule has 0 aromatic carbocycles. The van der Waals surface area contributed by atoms with E-state index in [-0.39, 0.29) is 5.91 Å². The van der Waals surface area contributed by atoms with Crippen molar-refractivity contribution in [3.63, 3.8) is 0 Å². The Morgan fingerprint density at radius 1 is 1.20 bits per heavy atom. The predicted octanol–water partition coefficient (Wildman–Crippen LogP) is 3.05. The van der Waals surface area contributed by atoms with Crippen molar-refractivity contribution in [2.24, 2.45) is 7.05 Å². The van der Waals surface area contributed by atoms with Crippen molar-refractivity contribution in [2.45, 2.75) is 6.92 Å². The third-order valence-electron chi connectivity index (χ3n) is 3.90. The van der Waals surface area contributed by atoms with E-state index in [2.05, 4.69) is 25.3 Å². The van der Waals surface area contributed by atoms with Crippen molar-refractivity contribution in [1.29, 1.82) is 0 Å². The number of nitrogens with zero attached hydrogens (tertiary/aromatic N) is 5. The average molecular weight is 350 g/mol. The van der Waals surface area contributed by atoms with Gasteiger partial charge in [-0.15, -0.1) is 11.3 Å².